The van der Waals surface area contributed by atoms with Crippen molar-refractivity contribution in [3.05, 3.63) is 71.8 Å². The van der Waals surface area contributed by atoms with Crippen molar-refractivity contribution in [1.29, 1.82) is 0 Å². The van der Waals surface area contributed by atoms with E-state index >= 15 is 0 Å². The fraction of sp³-hybridized carbons (Fsp3) is 0.0714. The van der Waals surface area contributed by atoms with Crippen molar-refractivity contribution in [3.63, 3.8) is 0 Å². The van der Waals surface area contributed by atoms with Crippen molar-refractivity contribution < 1.29 is 75.4 Å². The third-order valence-electron chi connectivity index (χ3n) is 2.30. The summed E-state index contributed by atoms with van der Waals surface area (Å²) in [5, 5.41) is 0. The molecule has 0 heterocycles. The zero-order valence-corrected chi connectivity index (χ0v) is 15.6. The summed E-state index contributed by atoms with van der Waals surface area (Å²) in [7, 11) is -4.89. The molecule has 0 saturated carbocycles. The molecule has 5 nitrogen and oxygen atoms in total. The van der Waals surface area contributed by atoms with E-state index in [4.69, 9.17) is 19.2 Å². The molecule has 2 aromatic rings. The monoisotopic (exact) mass is 332 g/mol. The molecular formula is C14H14KO5P. The van der Waals surface area contributed by atoms with Crippen molar-refractivity contribution >= 4 is 13.6 Å². The summed E-state index contributed by atoms with van der Waals surface area (Å²) in [5.41, 5.74) is 1.84. The molecule has 0 aliphatic rings. The van der Waals surface area contributed by atoms with E-state index in [0.717, 1.165) is 11.1 Å². The second-order valence-corrected chi connectivity index (χ2v) is 4.92. The quantitative estimate of drug-likeness (QED) is 0.407. The molecule has 21 heavy (non-hydrogen) atoms. The Kier molecular flexibility index (Phi) is 10.5. The molecule has 7 heteroatoms. The number of carbonyl (C=O) groups excluding carboxylic acids is 1. The minimum Gasteiger partial charge on any atom is -0.756 e. The van der Waals surface area contributed by atoms with Gasteiger partial charge < -0.3 is 14.7 Å². The first-order valence-corrected chi connectivity index (χ1v) is 7.28. The zero-order chi connectivity index (χ0) is 15.0. The van der Waals surface area contributed by atoms with E-state index in [1.807, 2.05) is 60.7 Å². The first-order valence-electron chi connectivity index (χ1n) is 5.75. The smallest absolute Gasteiger partial charge is 0.756 e. The van der Waals surface area contributed by atoms with E-state index in [1.54, 1.807) is 0 Å². The average Bonchev–Trinajstić information content (AvgIpc) is 2.39. The van der Waals surface area contributed by atoms with Gasteiger partial charge >= 0.3 is 51.4 Å². The van der Waals surface area contributed by atoms with E-state index in [2.05, 4.69) is 0 Å². The van der Waals surface area contributed by atoms with Crippen LogP contribution in [0.25, 0.3) is 0 Å². The fourth-order valence-corrected chi connectivity index (χ4v) is 1.51. The van der Waals surface area contributed by atoms with Crippen LogP contribution in [0.1, 0.15) is 15.9 Å². The third-order valence-corrected chi connectivity index (χ3v) is 2.30. The Bertz CT molecular complexity index is 575. The number of benzene rings is 2. The molecule has 0 amide bonds. The Morgan fingerprint density at radius 2 is 1.33 bits per heavy atom. The van der Waals surface area contributed by atoms with Gasteiger partial charge in [-0.05, 0) is 5.56 Å². The maximum absolute atomic E-state index is 11.8. The molecule has 106 valence electrons. The van der Waals surface area contributed by atoms with Gasteiger partial charge in [0, 0.05) is 12.0 Å². The first kappa shape index (κ1) is 20.9. The van der Waals surface area contributed by atoms with Gasteiger partial charge in [0.2, 0.25) is 0 Å². The van der Waals surface area contributed by atoms with Crippen LogP contribution in [0.5, 0.6) is 0 Å². The van der Waals surface area contributed by atoms with Crippen LogP contribution in [-0.4, -0.2) is 15.6 Å². The summed E-state index contributed by atoms with van der Waals surface area (Å²) in [6.45, 7) is 0. The molecule has 0 fully saturated rings. The molecule has 0 saturated heterocycles. The van der Waals surface area contributed by atoms with Crippen LogP contribution < -0.4 is 56.3 Å². The predicted molar refractivity (Wildman–Crippen MR) is 73.0 cm³/mol. The van der Waals surface area contributed by atoms with Crippen molar-refractivity contribution in [1.82, 2.24) is 0 Å². The molecule has 2 N–H and O–H groups in total. The van der Waals surface area contributed by atoms with E-state index in [1.165, 1.54) is 0 Å². The van der Waals surface area contributed by atoms with Gasteiger partial charge in [0.1, 0.15) is 0 Å². The normalized spacial score (nSPS) is 9.86. The topological polar surface area (TPSA) is 97.7 Å². The Balaban J connectivity index is 0.000000583. The summed E-state index contributed by atoms with van der Waals surface area (Å²) in [4.78, 5) is 34.7. The summed E-state index contributed by atoms with van der Waals surface area (Å²) < 4.78 is 8.77. The van der Waals surface area contributed by atoms with Gasteiger partial charge in [0.25, 0.3) is 7.82 Å². The van der Waals surface area contributed by atoms with E-state index in [-0.39, 0.29) is 57.2 Å². The molecule has 0 aliphatic carbocycles. The fourth-order valence-electron chi connectivity index (χ4n) is 1.51. The van der Waals surface area contributed by atoms with Gasteiger partial charge in [-0.1, -0.05) is 60.7 Å². The maximum Gasteiger partial charge on any atom is 1.00 e. The molecule has 0 bridgehead atoms. The number of carbonyl (C=O) groups is 1. The molecular weight excluding hydrogens is 318 g/mol. The second kappa shape index (κ2) is 10.6. The summed E-state index contributed by atoms with van der Waals surface area (Å²) >= 11 is 0. The van der Waals surface area contributed by atoms with Crippen LogP contribution in [-0.2, 0) is 11.0 Å². The molecule has 0 unspecified atom stereocenters. The minimum atomic E-state index is -4.89. The largest absolute Gasteiger partial charge is 1.00 e. The van der Waals surface area contributed by atoms with Crippen molar-refractivity contribution in [2.24, 2.45) is 0 Å². The van der Waals surface area contributed by atoms with Crippen LogP contribution in [0.4, 0.5) is 0 Å². The number of hydrogen-bond acceptors (Lipinski definition) is 3. The van der Waals surface area contributed by atoms with Crippen molar-refractivity contribution in [3.8, 4) is 0 Å². The number of ketones is 1. The standard InChI is InChI=1S/C14H12O.K.H3O4P/c15-14(13-9-5-2-6-10-13)11-12-7-3-1-4-8-12;;1-5(2,3)4/h1-10H,11H2;;(H3,1,2,3,4)/q;+1;/p-1. The van der Waals surface area contributed by atoms with Crippen LogP contribution in [0.3, 0.4) is 0 Å². The second-order valence-electron chi connectivity index (χ2n) is 3.94. The molecule has 2 aromatic carbocycles. The van der Waals surface area contributed by atoms with Gasteiger partial charge in [-0.25, -0.2) is 0 Å². The van der Waals surface area contributed by atoms with E-state index in [9.17, 15) is 4.79 Å². The zero-order valence-electron chi connectivity index (χ0n) is 11.5. The number of hydrogen-bond donors (Lipinski definition) is 2. The molecule has 0 atom stereocenters. The third kappa shape index (κ3) is 11.1. The van der Waals surface area contributed by atoms with Crippen molar-refractivity contribution in [2.45, 2.75) is 6.42 Å². The summed E-state index contributed by atoms with van der Waals surface area (Å²) in [6, 6.07) is 19.2. The Labute approximate surface area is 165 Å². The van der Waals surface area contributed by atoms with Gasteiger partial charge in [-0.3, -0.25) is 9.36 Å². The Hall–Kier alpha value is -0.144. The van der Waals surface area contributed by atoms with Crippen molar-refractivity contribution in [2.75, 3.05) is 0 Å². The van der Waals surface area contributed by atoms with Crippen LogP contribution in [0, 0.1) is 0 Å². The van der Waals surface area contributed by atoms with E-state index in [0.29, 0.717) is 6.42 Å². The number of Topliss-reactive ketones (excluding diaryl/α,β-unsaturated/α-hetero) is 1. The number of rotatable bonds is 3. The average molecular weight is 332 g/mol. The van der Waals surface area contributed by atoms with Gasteiger partial charge in [-0.2, -0.15) is 0 Å². The summed E-state index contributed by atoms with van der Waals surface area (Å²) in [6.07, 6.45) is 0.477. The minimum absolute atomic E-state index is 0. The maximum atomic E-state index is 11.8. The van der Waals surface area contributed by atoms with Gasteiger partial charge in [-0.15, -0.1) is 0 Å². The van der Waals surface area contributed by atoms with Gasteiger partial charge in [0.05, 0.1) is 0 Å². The molecule has 0 spiro atoms. The summed E-state index contributed by atoms with van der Waals surface area (Å²) in [5.74, 6) is 0.168. The van der Waals surface area contributed by atoms with Crippen LogP contribution in [0.2, 0.25) is 0 Å². The molecule has 2 rings (SSSR count). The van der Waals surface area contributed by atoms with E-state index < -0.39 is 7.82 Å². The molecule has 0 aliphatic heterocycles. The predicted octanol–water partition coefficient (Wildman–Crippen LogP) is -1.44. The van der Waals surface area contributed by atoms with Crippen LogP contribution >= 0.6 is 7.82 Å². The number of phosphoric acid groups is 1. The Morgan fingerprint density at radius 3 is 1.76 bits per heavy atom. The first-order chi connectivity index (χ1) is 9.36. The van der Waals surface area contributed by atoms with Crippen LogP contribution in [0.15, 0.2) is 60.7 Å². The molecule has 0 radical (unpaired) electrons. The Morgan fingerprint density at radius 1 is 0.952 bits per heavy atom. The van der Waals surface area contributed by atoms with Gasteiger partial charge in [0.15, 0.2) is 5.78 Å². The SMILES string of the molecule is O=C(Cc1ccccc1)c1ccccc1.O=P([O-])(O)O.[K+]. The molecule has 0 aromatic heterocycles.